The molecule has 0 unspecified atom stereocenters. The minimum Gasteiger partial charge on any atom is -0.399 e. The Bertz CT molecular complexity index is 815. The standard InChI is InChI=1S/C23H30ClN3O/c1-16(2)14-22(27-28-3)19-6-4-17(5-7-19)15-26-23-20-11-13-25-12-10-18(20)8-9-21(23)24/h4-9,16,25-26H,10-15H2,1-3H3. The van der Waals surface area contributed by atoms with E-state index < -0.39 is 0 Å². The second kappa shape index (κ2) is 9.94. The van der Waals surface area contributed by atoms with E-state index in [0.29, 0.717) is 5.92 Å². The molecule has 0 aliphatic carbocycles. The van der Waals surface area contributed by atoms with Gasteiger partial charge in [0.2, 0.25) is 0 Å². The van der Waals surface area contributed by atoms with Gasteiger partial charge in [-0.2, -0.15) is 0 Å². The lowest BCUT2D eigenvalue weighted by Gasteiger charge is -2.16. The van der Waals surface area contributed by atoms with E-state index in [4.69, 9.17) is 16.4 Å². The van der Waals surface area contributed by atoms with Gasteiger partial charge in [-0.1, -0.05) is 60.9 Å². The highest BCUT2D eigenvalue weighted by Gasteiger charge is 2.15. The topological polar surface area (TPSA) is 45.6 Å². The van der Waals surface area contributed by atoms with Crippen LogP contribution >= 0.6 is 11.6 Å². The van der Waals surface area contributed by atoms with Gasteiger partial charge in [0.15, 0.2) is 0 Å². The zero-order valence-electron chi connectivity index (χ0n) is 17.0. The van der Waals surface area contributed by atoms with E-state index in [0.717, 1.165) is 60.9 Å². The first kappa shape index (κ1) is 20.7. The minimum atomic E-state index is 0.528. The molecule has 0 spiro atoms. The van der Waals surface area contributed by atoms with Crippen LogP contribution in [0.1, 0.15) is 42.5 Å². The Morgan fingerprint density at radius 3 is 2.61 bits per heavy atom. The maximum absolute atomic E-state index is 6.52. The lowest BCUT2D eigenvalue weighted by molar-refractivity contribution is 0.212. The molecule has 4 nitrogen and oxygen atoms in total. The van der Waals surface area contributed by atoms with Gasteiger partial charge in [-0.3, -0.25) is 0 Å². The van der Waals surface area contributed by atoms with Gasteiger partial charge < -0.3 is 15.5 Å². The Hall–Kier alpha value is -2.04. The number of hydrogen-bond acceptors (Lipinski definition) is 4. The first-order valence-corrected chi connectivity index (χ1v) is 10.4. The SMILES string of the molecule is CON=C(CC(C)C)c1ccc(CNc2c(Cl)ccc3c2CCNCC3)cc1. The molecule has 0 amide bonds. The Morgan fingerprint density at radius 1 is 1.14 bits per heavy atom. The molecule has 0 fully saturated rings. The summed E-state index contributed by atoms with van der Waals surface area (Å²) in [5.41, 5.74) is 7.12. The van der Waals surface area contributed by atoms with Gasteiger partial charge in [0.1, 0.15) is 7.11 Å². The lowest BCUT2D eigenvalue weighted by atomic mass is 9.99. The number of nitrogens with zero attached hydrogens (tertiary/aromatic N) is 1. The molecule has 0 saturated heterocycles. The molecule has 0 aromatic heterocycles. The molecule has 2 aromatic rings. The number of fused-ring (bicyclic) bond motifs is 1. The van der Waals surface area contributed by atoms with Crippen molar-refractivity contribution in [1.82, 2.24) is 5.32 Å². The van der Waals surface area contributed by atoms with Crippen molar-refractivity contribution >= 4 is 23.0 Å². The molecule has 0 bridgehead atoms. The summed E-state index contributed by atoms with van der Waals surface area (Å²) in [6, 6.07) is 12.7. The van der Waals surface area contributed by atoms with Crippen LogP contribution in [0, 0.1) is 5.92 Å². The molecule has 0 radical (unpaired) electrons. The summed E-state index contributed by atoms with van der Waals surface area (Å²) in [4.78, 5) is 5.03. The van der Waals surface area contributed by atoms with Gasteiger partial charge >= 0.3 is 0 Å². The maximum atomic E-state index is 6.52. The van der Waals surface area contributed by atoms with Crippen molar-refractivity contribution in [3.05, 3.63) is 63.7 Å². The normalized spacial score (nSPS) is 14.5. The van der Waals surface area contributed by atoms with E-state index in [2.05, 4.69) is 60.0 Å². The van der Waals surface area contributed by atoms with E-state index in [1.165, 1.54) is 16.7 Å². The van der Waals surface area contributed by atoms with E-state index in [1.807, 2.05) is 6.07 Å². The highest BCUT2D eigenvalue weighted by Crippen LogP contribution is 2.31. The summed E-state index contributed by atoms with van der Waals surface area (Å²) in [7, 11) is 1.60. The van der Waals surface area contributed by atoms with Crippen molar-refractivity contribution in [2.24, 2.45) is 11.1 Å². The minimum absolute atomic E-state index is 0.528. The molecule has 2 N–H and O–H groups in total. The molecule has 0 saturated carbocycles. The quantitative estimate of drug-likeness (QED) is 0.506. The van der Waals surface area contributed by atoms with Crippen molar-refractivity contribution in [1.29, 1.82) is 0 Å². The smallest absolute Gasteiger partial charge is 0.106 e. The average molecular weight is 400 g/mol. The molecule has 28 heavy (non-hydrogen) atoms. The Kier molecular flexibility index (Phi) is 7.35. The number of oxime groups is 1. The summed E-state index contributed by atoms with van der Waals surface area (Å²) in [5, 5.41) is 12.0. The van der Waals surface area contributed by atoms with Crippen molar-refractivity contribution in [3.63, 3.8) is 0 Å². The third-order valence-electron chi connectivity index (χ3n) is 5.04. The van der Waals surface area contributed by atoms with Crippen LogP contribution in [-0.2, 0) is 24.2 Å². The highest BCUT2D eigenvalue weighted by molar-refractivity contribution is 6.33. The molecule has 3 rings (SSSR count). The summed E-state index contributed by atoms with van der Waals surface area (Å²) in [6.07, 6.45) is 2.95. The number of halogens is 1. The third kappa shape index (κ3) is 5.27. The molecule has 5 heteroatoms. The van der Waals surface area contributed by atoms with Crippen LogP contribution in [0.2, 0.25) is 5.02 Å². The molecule has 1 aliphatic rings. The van der Waals surface area contributed by atoms with Gasteiger partial charge in [-0.05, 0) is 66.6 Å². The van der Waals surface area contributed by atoms with Gasteiger partial charge in [-0.25, -0.2) is 0 Å². The van der Waals surface area contributed by atoms with Crippen molar-refractivity contribution in [2.45, 2.75) is 39.7 Å². The van der Waals surface area contributed by atoms with E-state index in [1.54, 1.807) is 7.11 Å². The lowest BCUT2D eigenvalue weighted by Crippen LogP contribution is -2.16. The maximum Gasteiger partial charge on any atom is 0.106 e. The number of hydrogen-bond donors (Lipinski definition) is 2. The van der Waals surface area contributed by atoms with Crippen LogP contribution in [0.4, 0.5) is 5.69 Å². The first-order chi connectivity index (χ1) is 13.6. The fourth-order valence-corrected chi connectivity index (χ4v) is 3.89. The monoisotopic (exact) mass is 399 g/mol. The second-order valence-electron chi connectivity index (χ2n) is 7.68. The molecule has 1 aliphatic heterocycles. The zero-order chi connectivity index (χ0) is 19.9. The molecular weight excluding hydrogens is 370 g/mol. The number of rotatable bonds is 7. The van der Waals surface area contributed by atoms with E-state index >= 15 is 0 Å². The summed E-state index contributed by atoms with van der Waals surface area (Å²) < 4.78 is 0. The summed E-state index contributed by atoms with van der Waals surface area (Å²) in [5.74, 6) is 0.528. The molecule has 150 valence electrons. The number of anilines is 1. The predicted octanol–water partition coefficient (Wildman–Crippen LogP) is 5.04. The summed E-state index contributed by atoms with van der Waals surface area (Å²) >= 11 is 6.52. The summed E-state index contributed by atoms with van der Waals surface area (Å²) in [6.45, 7) is 7.13. The zero-order valence-corrected chi connectivity index (χ0v) is 17.8. The van der Waals surface area contributed by atoms with Gasteiger partial charge in [0.05, 0.1) is 16.4 Å². The van der Waals surface area contributed by atoms with E-state index in [-0.39, 0.29) is 0 Å². The fourth-order valence-electron chi connectivity index (χ4n) is 3.64. The van der Waals surface area contributed by atoms with Crippen molar-refractivity contribution in [3.8, 4) is 0 Å². The van der Waals surface area contributed by atoms with Crippen molar-refractivity contribution < 1.29 is 4.84 Å². The predicted molar refractivity (Wildman–Crippen MR) is 118 cm³/mol. The number of nitrogens with one attached hydrogen (secondary N) is 2. The van der Waals surface area contributed by atoms with Crippen LogP contribution in [0.25, 0.3) is 0 Å². The van der Waals surface area contributed by atoms with Crippen LogP contribution < -0.4 is 10.6 Å². The fraction of sp³-hybridized carbons (Fsp3) is 0.435. The van der Waals surface area contributed by atoms with Crippen molar-refractivity contribution in [2.75, 3.05) is 25.5 Å². The molecule has 2 aromatic carbocycles. The highest BCUT2D eigenvalue weighted by atomic mass is 35.5. The van der Waals surface area contributed by atoms with Crippen LogP contribution in [0.15, 0.2) is 41.6 Å². The second-order valence-corrected chi connectivity index (χ2v) is 8.09. The van der Waals surface area contributed by atoms with Gasteiger partial charge in [-0.15, -0.1) is 0 Å². The average Bonchev–Trinajstić information content (AvgIpc) is 2.93. The van der Waals surface area contributed by atoms with E-state index in [9.17, 15) is 0 Å². The number of benzene rings is 2. The van der Waals surface area contributed by atoms with Crippen LogP contribution in [-0.4, -0.2) is 25.9 Å². The third-order valence-corrected chi connectivity index (χ3v) is 5.36. The Morgan fingerprint density at radius 2 is 1.89 bits per heavy atom. The van der Waals surface area contributed by atoms with Gasteiger partial charge in [0.25, 0.3) is 0 Å². The van der Waals surface area contributed by atoms with Gasteiger partial charge in [0, 0.05) is 6.54 Å². The van der Waals surface area contributed by atoms with Crippen LogP contribution in [0.5, 0.6) is 0 Å². The molecular formula is C23H30ClN3O. The van der Waals surface area contributed by atoms with Crippen LogP contribution in [0.3, 0.4) is 0 Å². The first-order valence-electron chi connectivity index (χ1n) is 10.0. The molecule has 1 heterocycles. The largest absolute Gasteiger partial charge is 0.399 e. The Balaban J connectivity index is 1.73. The Labute approximate surface area is 173 Å². The molecule has 0 atom stereocenters.